The Bertz CT molecular complexity index is 1080. The number of ether oxygens (including phenoxy) is 3. The van der Waals surface area contributed by atoms with Gasteiger partial charge in [0.25, 0.3) is 0 Å². The molecule has 6 rings (SSSR count). The van der Waals surface area contributed by atoms with Crippen molar-refractivity contribution in [3.8, 4) is 17.2 Å². The van der Waals surface area contributed by atoms with Crippen LogP contribution in [0.5, 0.6) is 17.2 Å². The fourth-order valence-electron chi connectivity index (χ4n) is 5.77. The van der Waals surface area contributed by atoms with Crippen LogP contribution in [0, 0.1) is 0 Å². The topological polar surface area (TPSA) is 51.2 Å². The van der Waals surface area contributed by atoms with Crippen LogP contribution in [0.15, 0.2) is 47.8 Å². The van der Waals surface area contributed by atoms with E-state index >= 15 is 0 Å². The van der Waals surface area contributed by atoms with E-state index in [0.29, 0.717) is 30.2 Å². The molecule has 0 aliphatic carbocycles. The summed E-state index contributed by atoms with van der Waals surface area (Å²) >= 11 is 1.73. The van der Waals surface area contributed by atoms with Gasteiger partial charge in [-0.3, -0.25) is 4.90 Å². The molecule has 4 heterocycles. The summed E-state index contributed by atoms with van der Waals surface area (Å²) in [6, 6.07) is 14.9. The minimum absolute atomic E-state index is 0.0416. The van der Waals surface area contributed by atoms with Crippen LogP contribution in [-0.4, -0.2) is 48.5 Å². The molecule has 2 bridgehead atoms. The third-order valence-electron chi connectivity index (χ3n) is 7.19. The summed E-state index contributed by atoms with van der Waals surface area (Å²) in [7, 11) is 1.66. The molecule has 3 aromatic rings. The predicted molar refractivity (Wildman–Crippen MR) is 121 cm³/mol. The maximum absolute atomic E-state index is 11.7. The summed E-state index contributed by atoms with van der Waals surface area (Å²) in [6.07, 6.45) is 3.76. The van der Waals surface area contributed by atoms with Crippen molar-refractivity contribution in [2.75, 3.05) is 20.3 Å². The Kier molecular flexibility index (Phi) is 4.63. The van der Waals surface area contributed by atoms with Gasteiger partial charge in [0.05, 0.1) is 12.7 Å². The van der Waals surface area contributed by atoms with E-state index in [0.717, 1.165) is 43.5 Å². The van der Waals surface area contributed by atoms with Gasteiger partial charge in [-0.25, -0.2) is 0 Å². The molecule has 2 saturated heterocycles. The number of para-hydroxylation sites is 1. The van der Waals surface area contributed by atoms with Gasteiger partial charge in [0.1, 0.15) is 12.7 Å². The zero-order valence-electron chi connectivity index (χ0n) is 17.6. The molecule has 2 fully saturated rings. The molecule has 6 heteroatoms. The monoisotopic (exact) mass is 437 g/mol. The smallest absolute Gasteiger partial charge is 0.204 e. The summed E-state index contributed by atoms with van der Waals surface area (Å²) in [5.74, 6) is 2.16. The van der Waals surface area contributed by atoms with E-state index < -0.39 is 5.60 Å². The van der Waals surface area contributed by atoms with Crippen molar-refractivity contribution in [1.82, 2.24) is 4.90 Å². The Balaban J connectivity index is 1.21. The van der Waals surface area contributed by atoms with E-state index in [4.69, 9.17) is 14.2 Å². The highest BCUT2D eigenvalue weighted by atomic mass is 32.1. The Morgan fingerprint density at radius 2 is 1.94 bits per heavy atom. The van der Waals surface area contributed by atoms with Crippen molar-refractivity contribution in [3.05, 3.63) is 53.4 Å². The average molecular weight is 438 g/mol. The standard InChI is InChI=1S/C25H27NO4S/c1-28-21-6-4-7-22-24(21)30-18(14-29-22)13-26-16-9-10-17(26)12-25(27,11-16)20-15-31-23-8-3-2-5-19(20)23/h2-8,15-18,27H,9-14H2,1H3/t16-,17+,18-,25?/m0/s1. The van der Waals surface area contributed by atoms with E-state index in [9.17, 15) is 5.11 Å². The highest BCUT2D eigenvalue weighted by Gasteiger charge is 2.49. The highest BCUT2D eigenvalue weighted by molar-refractivity contribution is 7.17. The molecule has 3 aliphatic rings. The maximum atomic E-state index is 11.7. The van der Waals surface area contributed by atoms with E-state index in [1.165, 1.54) is 10.1 Å². The lowest BCUT2D eigenvalue weighted by Crippen LogP contribution is -2.53. The Morgan fingerprint density at radius 3 is 2.74 bits per heavy atom. The molecule has 31 heavy (non-hydrogen) atoms. The fraction of sp³-hybridized carbons (Fsp3) is 0.440. The summed E-state index contributed by atoms with van der Waals surface area (Å²) in [6.45, 7) is 1.35. The third kappa shape index (κ3) is 3.20. The summed E-state index contributed by atoms with van der Waals surface area (Å²) in [5, 5.41) is 15.1. The number of hydrogen-bond donors (Lipinski definition) is 1. The Labute approximate surface area is 186 Å². The molecule has 162 valence electrons. The minimum Gasteiger partial charge on any atom is -0.493 e. The SMILES string of the molecule is COc1cccc2c1O[C@@H](CN1[C@@H]3CC[C@H]1CC(O)(c1csc4ccccc14)C3)CO2. The van der Waals surface area contributed by atoms with E-state index in [2.05, 4.69) is 34.5 Å². The molecular weight excluding hydrogens is 410 g/mol. The van der Waals surface area contributed by atoms with Crippen LogP contribution >= 0.6 is 11.3 Å². The minimum atomic E-state index is -0.748. The molecule has 0 saturated carbocycles. The van der Waals surface area contributed by atoms with Crippen LogP contribution in [0.1, 0.15) is 31.2 Å². The maximum Gasteiger partial charge on any atom is 0.204 e. The van der Waals surface area contributed by atoms with E-state index in [-0.39, 0.29) is 6.10 Å². The van der Waals surface area contributed by atoms with Crippen molar-refractivity contribution in [3.63, 3.8) is 0 Å². The number of thiophene rings is 1. The van der Waals surface area contributed by atoms with E-state index in [1.807, 2.05) is 18.2 Å². The van der Waals surface area contributed by atoms with Gasteiger partial charge in [0.2, 0.25) is 5.75 Å². The fourth-order valence-corrected chi connectivity index (χ4v) is 6.82. The van der Waals surface area contributed by atoms with Gasteiger partial charge in [-0.15, -0.1) is 11.3 Å². The van der Waals surface area contributed by atoms with Crippen LogP contribution in [0.3, 0.4) is 0 Å². The number of rotatable bonds is 4. The second kappa shape index (κ2) is 7.40. The number of fused-ring (bicyclic) bond motifs is 4. The number of methoxy groups -OCH3 is 1. The van der Waals surface area contributed by atoms with Crippen LogP contribution in [0.4, 0.5) is 0 Å². The number of hydrogen-bond acceptors (Lipinski definition) is 6. The normalized spacial score (nSPS) is 29.9. The quantitative estimate of drug-likeness (QED) is 0.648. The lowest BCUT2D eigenvalue weighted by molar-refractivity contribution is -0.0678. The summed E-state index contributed by atoms with van der Waals surface area (Å²) < 4.78 is 19.0. The van der Waals surface area contributed by atoms with Crippen LogP contribution in [0.2, 0.25) is 0 Å². The second-order valence-electron chi connectivity index (χ2n) is 9.01. The van der Waals surface area contributed by atoms with Crippen LogP contribution < -0.4 is 14.2 Å². The zero-order valence-corrected chi connectivity index (χ0v) is 18.4. The van der Waals surface area contributed by atoms with Gasteiger partial charge >= 0.3 is 0 Å². The molecule has 0 radical (unpaired) electrons. The number of benzene rings is 2. The number of piperidine rings is 1. The first-order chi connectivity index (χ1) is 15.1. The van der Waals surface area contributed by atoms with Crippen molar-refractivity contribution in [1.29, 1.82) is 0 Å². The van der Waals surface area contributed by atoms with Crippen LogP contribution in [0.25, 0.3) is 10.1 Å². The molecule has 1 aromatic heterocycles. The molecular formula is C25H27NO4S. The number of aliphatic hydroxyl groups is 1. The molecule has 1 unspecified atom stereocenters. The van der Waals surface area contributed by atoms with Crippen molar-refractivity contribution in [2.24, 2.45) is 0 Å². The van der Waals surface area contributed by atoms with Gasteiger partial charge in [-0.1, -0.05) is 24.3 Å². The molecule has 4 atom stereocenters. The molecule has 0 amide bonds. The largest absolute Gasteiger partial charge is 0.493 e. The lowest BCUT2D eigenvalue weighted by Gasteiger charge is -2.45. The van der Waals surface area contributed by atoms with Crippen molar-refractivity contribution in [2.45, 2.75) is 49.5 Å². The predicted octanol–water partition coefficient (Wildman–Crippen LogP) is 4.56. The Hall–Kier alpha value is -2.28. The molecule has 3 aliphatic heterocycles. The molecule has 2 aromatic carbocycles. The first kappa shape index (κ1) is 19.4. The van der Waals surface area contributed by atoms with Gasteiger partial charge < -0.3 is 19.3 Å². The van der Waals surface area contributed by atoms with Gasteiger partial charge in [0.15, 0.2) is 11.5 Å². The zero-order chi connectivity index (χ0) is 21.0. The summed E-state index contributed by atoms with van der Waals surface area (Å²) in [4.78, 5) is 2.55. The third-order valence-corrected chi connectivity index (χ3v) is 8.15. The Morgan fingerprint density at radius 1 is 1.13 bits per heavy atom. The average Bonchev–Trinajstić information content (AvgIpc) is 3.33. The van der Waals surface area contributed by atoms with Crippen molar-refractivity contribution < 1.29 is 19.3 Å². The summed E-state index contributed by atoms with van der Waals surface area (Å²) in [5.41, 5.74) is 0.363. The first-order valence-electron chi connectivity index (χ1n) is 11.1. The van der Waals surface area contributed by atoms with Crippen molar-refractivity contribution >= 4 is 21.4 Å². The van der Waals surface area contributed by atoms with E-state index in [1.54, 1.807) is 18.4 Å². The molecule has 1 N–H and O–H groups in total. The van der Waals surface area contributed by atoms with Gasteiger partial charge in [0, 0.05) is 28.9 Å². The first-order valence-corrected chi connectivity index (χ1v) is 11.9. The lowest BCUT2D eigenvalue weighted by atomic mass is 9.80. The molecule has 0 spiro atoms. The number of nitrogens with zero attached hydrogens (tertiary/aromatic N) is 1. The van der Waals surface area contributed by atoms with Gasteiger partial charge in [-0.2, -0.15) is 0 Å². The van der Waals surface area contributed by atoms with Crippen LogP contribution in [-0.2, 0) is 5.60 Å². The molecule has 5 nitrogen and oxygen atoms in total. The van der Waals surface area contributed by atoms with Gasteiger partial charge in [-0.05, 0) is 54.6 Å². The second-order valence-corrected chi connectivity index (χ2v) is 9.92. The highest BCUT2D eigenvalue weighted by Crippen LogP contribution is 2.49.